The van der Waals surface area contributed by atoms with E-state index in [1.807, 2.05) is 34.9 Å². The lowest BCUT2D eigenvalue weighted by atomic mass is 10.2. The zero-order chi connectivity index (χ0) is 22.4. The van der Waals surface area contributed by atoms with E-state index in [1.54, 1.807) is 18.2 Å². The third-order valence-corrected chi connectivity index (χ3v) is 7.11. The number of nitrogens with one attached hydrogen (secondary N) is 1. The number of carbonyl (C=O) groups excluding carboxylic acids is 1. The molecular weight excluding hydrogens is 434 g/mol. The molecule has 0 saturated heterocycles. The number of nitrogens with zero attached hydrogens (tertiary/aromatic N) is 4. The van der Waals surface area contributed by atoms with Crippen molar-refractivity contribution in [3.8, 4) is 11.4 Å². The molecule has 1 N–H and O–H groups in total. The van der Waals surface area contributed by atoms with E-state index in [-0.39, 0.29) is 16.6 Å². The van der Waals surface area contributed by atoms with Crippen molar-refractivity contribution in [3.63, 3.8) is 0 Å². The summed E-state index contributed by atoms with van der Waals surface area (Å²) in [5.74, 6) is 0.602. The Kier molecular flexibility index (Phi) is 7.26. The average Bonchev–Trinajstić information content (AvgIpc) is 3.16. The van der Waals surface area contributed by atoms with Gasteiger partial charge in [0.05, 0.1) is 10.6 Å². The minimum Gasteiger partial charge on any atom is -0.325 e. The zero-order valence-corrected chi connectivity index (χ0v) is 18.9. The van der Waals surface area contributed by atoms with Crippen molar-refractivity contribution in [2.24, 2.45) is 0 Å². The maximum atomic E-state index is 12.4. The molecule has 1 aromatic heterocycles. The molecule has 0 saturated carbocycles. The van der Waals surface area contributed by atoms with Crippen LogP contribution in [0.25, 0.3) is 11.4 Å². The summed E-state index contributed by atoms with van der Waals surface area (Å²) in [6.45, 7) is 4.30. The maximum absolute atomic E-state index is 12.4. The maximum Gasteiger partial charge on any atom is 0.242 e. The van der Waals surface area contributed by atoms with Crippen LogP contribution in [0.15, 0.2) is 77.3 Å². The Hall–Kier alpha value is -2.95. The third kappa shape index (κ3) is 5.40. The van der Waals surface area contributed by atoms with Gasteiger partial charge in [-0.05, 0) is 24.3 Å². The SMILES string of the molecule is C=CCn1c(SCC(=O)Nc2ccc(S(=O)(=O)N(C)C)cc2)nnc1-c1ccccc1. The molecule has 0 bridgehead atoms. The van der Waals surface area contributed by atoms with E-state index >= 15 is 0 Å². The molecule has 3 aromatic rings. The first kappa shape index (κ1) is 22.7. The molecule has 0 unspecified atom stereocenters. The lowest BCUT2D eigenvalue weighted by Crippen LogP contribution is -2.22. The van der Waals surface area contributed by atoms with Crippen molar-refractivity contribution in [3.05, 3.63) is 67.3 Å². The molecule has 3 rings (SSSR count). The molecule has 0 radical (unpaired) electrons. The standard InChI is InChI=1S/C21H23N5O3S2/c1-4-14-26-20(16-8-6-5-7-9-16)23-24-21(26)30-15-19(27)22-17-10-12-18(13-11-17)31(28,29)25(2)3/h4-13H,1,14-15H2,2-3H3,(H,22,27). The number of thioether (sulfide) groups is 1. The number of benzene rings is 2. The van der Waals surface area contributed by atoms with Gasteiger partial charge in [-0.25, -0.2) is 12.7 Å². The number of anilines is 1. The molecule has 10 heteroatoms. The number of carbonyl (C=O) groups is 1. The Morgan fingerprint density at radius 1 is 1.13 bits per heavy atom. The van der Waals surface area contributed by atoms with Crippen molar-refractivity contribution in [1.29, 1.82) is 0 Å². The molecule has 8 nitrogen and oxygen atoms in total. The lowest BCUT2D eigenvalue weighted by Gasteiger charge is -2.12. The van der Waals surface area contributed by atoms with Crippen molar-refractivity contribution in [1.82, 2.24) is 19.1 Å². The van der Waals surface area contributed by atoms with E-state index in [1.165, 1.54) is 38.0 Å². The predicted octanol–water partition coefficient (Wildman–Crippen LogP) is 3.11. The second-order valence-electron chi connectivity index (χ2n) is 6.72. The van der Waals surface area contributed by atoms with Gasteiger partial charge in [0.1, 0.15) is 0 Å². The van der Waals surface area contributed by atoms with Crippen LogP contribution in [-0.2, 0) is 21.4 Å². The fourth-order valence-corrected chi connectivity index (χ4v) is 4.39. The van der Waals surface area contributed by atoms with E-state index in [0.717, 1.165) is 9.87 Å². The smallest absolute Gasteiger partial charge is 0.242 e. The summed E-state index contributed by atoms with van der Waals surface area (Å²) in [4.78, 5) is 12.5. The van der Waals surface area contributed by atoms with Gasteiger partial charge in [-0.1, -0.05) is 48.2 Å². The van der Waals surface area contributed by atoms with Crippen LogP contribution in [0.5, 0.6) is 0 Å². The van der Waals surface area contributed by atoms with Gasteiger partial charge in [-0.15, -0.1) is 16.8 Å². The minimum absolute atomic E-state index is 0.127. The predicted molar refractivity (Wildman–Crippen MR) is 122 cm³/mol. The summed E-state index contributed by atoms with van der Waals surface area (Å²) < 4.78 is 27.3. The molecule has 0 aliphatic carbocycles. The quantitative estimate of drug-likeness (QED) is 0.392. The highest BCUT2D eigenvalue weighted by Gasteiger charge is 2.17. The average molecular weight is 458 g/mol. The number of hydrogen-bond acceptors (Lipinski definition) is 6. The van der Waals surface area contributed by atoms with Gasteiger partial charge < -0.3 is 5.32 Å². The number of allylic oxidation sites excluding steroid dienone is 1. The Balaban J connectivity index is 1.66. The molecule has 1 heterocycles. The van der Waals surface area contributed by atoms with Gasteiger partial charge in [0.2, 0.25) is 15.9 Å². The van der Waals surface area contributed by atoms with E-state index in [4.69, 9.17) is 0 Å². The molecule has 31 heavy (non-hydrogen) atoms. The number of amides is 1. The summed E-state index contributed by atoms with van der Waals surface area (Å²) in [5.41, 5.74) is 1.45. The minimum atomic E-state index is -3.51. The highest BCUT2D eigenvalue weighted by Crippen LogP contribution is 2.24. The van der Waals surface area contributed by atoms with Gasteiger partial charge >= 0.3 is 0 Å². The van der Waals surface area contributed by atoms with Crippen LogP contribution in [0.3, 0.4) is 0 Å². The first-order valence-electron chi connectivity index (χ1n) is 9.37. The van der Waals surface area contributed by atoms with Crippen molar-refractivity contribution >= 4 is 33.4 Å². The van der Waals surface area contributed by atoms with Gasteiger partial charge in [-0.3, -0.25) is 9.36 Å². The van der Waals surface area contributed by atoms with Crippen molar-refractivity contribution in [2.75, 3.05) is 25.2 Å². The molecule has 0 fully saturated rings. The van der Waals surface area contributed by atoms with Crippen molar-refractivity contribution < 1.29 is 13.2 Å². The Morgan fingerprint density at radius 3 is 2.42 bits per heavy atom. The van der Waals surface area contributed by atoms with Crippen LogP contribution in [0.1, 0.15) is 0 Å². The second kappa shape index (κ2) is 9.90. The largest absolute Gasteiger partial charge is 0.325 e. The van der Waals surface area contributed by atoms with E-state index in [9.17, 15) is 13.2 Å². The molecule has 0 aliphatic heterocycles. The van der Waals surface area contributed by atoms with Crippen LogP contribution in [0, 0.1) is 0 Å². The summed E-state index contributed by atoms with van der Waals surface area (Å²) in [7, 11) is -0.571. The van der Waals surface area contributed by atoms with Gasteiger partial charge in [0.25, 0.3) is 0 Å². The Bertz CT molecular complexity index is 1160. The van der Waals surface area contributed by atoms with Crippen LogP contribution in [0.2, 0.25) is 0 Å². The highest BCUT2D eigenvalue weighted by molar-refractivity contribution is 7.99. The van der Waals surface area contributed by atoms with E-state index in [2.05, 4.69) is 22.1 Å². The highest BCUT2D eigenvalue weighted by atomic mass is 32.2. The summed E-state index contributed by atoms with van der Waals surface area (Å²) in [6, 6.07) is 15.7. The summed E-state index contributed by atoms with van der Waals surface area (Å²) in [6.07, 6.45) is 1.75. The number of sulfonamides is 1. The first-order chi connectivity index (χ1) is 14.8. The molecule has 0 spiro atoms. The molecule has 1 amide bonds. The monoisotopic (exact) mass is 457 g/mol. The van der Waals surface area contributed by atoms with Gasteiger partial charge in [-0.2, -0.15) is 0 Å². The fraction of sp³-hybridized carbons (Fsp3) is 0.190. The molecular formula is C21H23N5O3S2. The summed E-state index contributed by atoms with van der Waals surface area (Å²) >= 11 is 1.27. The summed E-state index contributed by atoms with van der Waals surface area (Å²) in [5, 5.41) is 11.9. The molecule has 0 aliphatic rings. The van der Waals surface area contributed by atoms with Crippen LogP contribution < -0.4 is 5.32 Å². The number of hydrogen-bond donors (Lipinski definition) is 1. The third-order valence-electron chi connectivity index (χ3n) is 4.31. The van der Waals surface area contributed by atoms with Crippen LogP contribution in [-0.4, -0.2) is 53.2 Å². The lowest BCUT2D eigenvalue weighted by molar-refractivity contribution is -0.113. The molecule has 0 atom stereocenters. The van der Waals surface area contributed by atoms with Gasteiger partial charge in [0.15, 0.2) is 11.0 Å². The Labute approximate surface area is 186 Å². The van der Waals surface area contributed by atoms with Crippen LogP contribution >= 0.6 is 11.8 Å². The zero-order valence-electron chi connectivity index (χ0n) is 17.2. The fourth-order valence-electron chi connectivity index (χ4n) is 2.74. The first-order valence-corrected chi connectivity index (χ1v) is 11.8. The second-order valence-corrected chi connectivity index (χ2v) is 9.81. The van der Waals surface area contributed by atoms with E-state index in [0.29, 0.717) is 23.2 Å². The van der Waals surface area contributed by atoms with E-state index < -0.39 is 10.0 Å². The number of rotatable bonds is 9. The number of aromatic nitrogens is 3. The molecule has 2 aromatic carbocycles. The van der Waals surface area contributed by atoms with Crippen LogP contribution in [0.4, 0.5) is 5.69 Å². The normalized spacial score (nSPS) is 11.5. The van der Waals surface area contributed by atoms with Gasteiger partial charge in [0, 0.05) is 31.9 Å². The Morgan fingerprint density at radius 2 is 1.81 bits per heavy atom. The topological polar surface area (TPSA) is 97.2 Å². The molecule has 162 valence electrons. The van der Waals surface area contributed by atoms with Crippen molar-refractivity contribution in [2.45, 2.75) is 16.6 Å².